The van der Waals surface area contributed by atoms with Crippen molar-refractivity contribution in [3.63, 3.8) is 0 Å². The molecule has 1 aromatic rings. The van der Waals surface area contributed by atoms with E-state index in [1.165, 1.54) is 6.07 Å². The summed E-state index contributed by atoms with van der Waals surface area (Å²) in [5, 5.41) is 52.2. The summed E-state index contributed by atoms with van der Waals surface area (Å²) >= 11 is 0. The fourth-order valence-corrected chi connectivity index (χ4v) is 6.26. The summed E-state index contributed by atoms with van der Waals surface area (Å²) in [7, 11) is 3.37. The number of primary amides is 1. The van der Waals surface area contributed by atoms with Crippen LogP contribution in [0.15, 0.2) is 35.1 Å². The largest absolute Gasteiger partial charge is 0.510 e. The number of aromatic hydroxyl groups is 1. The number of aliphatic hydroxyl groups excluding tert-OH is 2. The Bertz CT molecular complexity index is 1170. The summed E-state index contributed by atoms with van der Waals surface area (Å²) < 4.78 is 0. The molecule has 1 amide bonds. The number of Topliss-reactive ketones (excluding diaryl/α,β-unsaturated/α-hetero) is 1. The molecular weight excluding hydrogens is 402 g/mol. The number of likely N-dealkylation sites (N-methyl/N-ethyl adjacent to an activating group) is 1. The van der Waals surface area contributed by atoms with Crippen molar-refractivity contribution in [2.75, 3.05) is 14.1 Å². The third-order valence-corrected chi connectivity index (χ3v) is 7.53. The number of carbonyl (C=O) groups excluding carboxylic acids is 2. The maximum atomic E-state index is 13.7. The van der Waals surface area contributed by atoms with Crippen LogP contribution in [0, 0.1) is 22.7 Å². The fraction of sp³-hybridized carbons (Fsp3) is 0.409. The second-order valence-corrected chi connectivity index (χ2v) is 9.20. The van der Waals surface area contributed by atoms with Crippen LogP contribution < -0.4 is 5.73 Å². The Hall–Kier alpha value is -3.17. The number of phenolic OH excluding ortho intramolecular Hbond substituents is 1. The maximum Gasteiger partial charge on any atom is 0.254 e. The minimum absolute atomic E-state index is 0.0138. The zero-order valence-corrected chi connectivity index (χ0v) is 17.0. The molecule has 7 N–H and O–H groups in total. The van der Waals surface area contributed by atoms with Gasteiger partial charge in [-0.25, -0.2) is 0 Å². The van der Waals surface area contributed by atoms with Gasteiger partial charge in [0.25, 0.3) is 5.91 Å². The van der Waals surface area contributed by atoms with Crippen molar-refractivity contribution in [3.05, 3.63) is 46.2 Å². The molecule has 0 bridgehead atoms. The zero-order valence-electron chi connectivity index (χ0n) is 17.0. The fourth-order valence-electron chi connectivity index (χ4n) is 6.26. The number of nitrogens with one attached hydrogen (secondary N) is 1. The summed E-state index contributed by atoms with van der Waals surface area (Å²) in [6.45, 7) is 0. The molecule has 1 spiro atoms. The summed E-state index contributed by atoms with van der Waals surface area (Å²) in [6, 6.07) is 3.78. The quantitative estimate of drug-likeness (QED) is 0.406. The number of nitrogens with two attached hydrogens (primary N) is 1. The molecule has 31 heavy (non-hydrogen) atoms. The van der Waals surface area contributed by atoms with E-state index in [2.05, 4.69) is 0 Å². The summed E-state index contributed by atoms with van der Waals surface area (Å²) in [4.78, 5) is 27.4. The van der Waals surface area contributed by atoms with Gasteiger partial charge in [-0.3, -0.25) is 14.5 Å². The molecule has 4 aliphatic carbocycles. The molecule has 9 heteroatoms. The topological polar surface area (TPSA) is 168 Å². The summed E-state index contributed by atoms with van der Waals surface area (Å²) in [6.07, 6.45) is 0.376. The van der Waals surface area contributed by atoms with Crippen LogP contribution in [0.2, 0.25) is 0 Å². The van der Waals surface area contributed by atoms with Gasteiger partial charge in [-0.1, -0.05) is 12.1 Å². The van der Waals surface area contributed by atoms with Crippen molar-refractivity contribution >= 4 is 23.2 Å². The van der Waals surface area contributed by atoms with Gasteiger partial charge in [0.2, 0.25) is 0 Å². The number of benzene rings is 1. The molecule has 0 heterocycles. The Balaban J connectivity index is 1.76. The van der Waals surface area contributed by atoms with Crippen LogP contribution in [0.4, 0.5) is 0 Å². The second-order valence-electron chi connectivity index (χ2n) is 9.20. The lowest BCUT2D eigenvalue weighted by Gasteiger charge is -2.48. The lowest BCUT2D eigenvalue weighted by Crippen LogP contribution is -2.56. The average Bonchev–Trinajstić information content (AvgIpc) is 3.25. The van der Waals surface area contributed by atoms with Gasteiger partial charge in [0.15, 0.2) is 5.78 Å². The van der Waals surface area contributed by atoms with Crippen LogP contribution in [0.5, 0.6) is 5.75 Å². The van der Waals surface area contributed by atoms with Crippen LogP contribution in [0.1, 0.15) is 24.0 Å². The second kappa shape index (κ2) is 5.74. The third kappa shape index (κ3) is 2.10. The SMILES string of the molecule is CN(C)[C@@H]1C(O)=C(C(N)=O)C(=N)C2C(=O)C3=C(O)c4c(O)cccc4[C@]4(O)C[C@]34C[C@H]21. The molecule has 0 aliphatic heterocycles. The number of phenols is 1. The number of nitrogens with zero attached hydrogens (tertiary/aromatic N) is 1. The van der Waals surface area contributed by atoms with Crippen molar-refractivity contribution in [1.82, 2.24) is 4.90 Å². The first kappa shape index (κ1) is 19.8. The van der Waals surface area contributed by atoms with Gasteiger partial charge >= 0.3 is 0 Å². The first-order valence-electron chi connectivity index (χ1n) is 9.99. The van der Waals surface area contributed by atoms with Crippen molar-refractivity contribution in [3.8, 4) is 5.75 Å². The number of ketones is 1. The Morgan fingerprint density at radius 3 is 2.55 bits per heavy atom. The van der Waals surface area contributed by atoms with E-state index in [0.29, 0.717) is 5.56 Å². The van der Waals surface area contributed by atoms with E-state index < -0.39 is 51.9 Å². The number of carbonyl (C=O) groups is 2. The van der Waals surface area contributed by atoms with Gasteiger partial charge in [0, 0.05) is 11.0 Å². The van der Waals surface area contributed by atoms with Crippen molar-refractivity contribution in [1.29, 1.82) is 5.41 Å². The Labute approximate surface area is 177 Å². The van der Waals surface area contributed by atoms with E-state index in [0.717, 1.165) is 0 Å². The van der Waals surface area contributed by atoms with Gasteiger partial charge in [0.05, 0.1) is 28.8 Å². The lowest BCUT2D eigenvalue weighted by molar-refractivity contribution is -0.123. The van der Waals surface area contributed by atoms with Gasteiger partial charge in [-0.2, -0.15) is 0 Å². The van der Waals surface area contributed by atoms with E-state index in [1.54, 1.807) is 31.1 Å². The smallest absolute Gasteiger partial charge is 0.254 e. The normalized spacial score (nSPS) is 36.1. The molecule has 0 aromatic heterocycles. The van der Waals surface area contributed by atoms with E-state index in [4.69, 9.17) is 11.1 Å². The van der Waals surface area contributed by atoms with Crippen LogP contribution in [0.3, 0.4) is 0 Å². The Morgan fingerprint density at radius 2 is 1.94 bits per heavy atom. The molecule has 1 aromatic carbocycles. The third-order valence-electron chi connectivity index (χ3n) is 7.53. The van der Waals surface area contributed by atoms with Crippen molar-refractivity contribution in [2.45, 2.75) is 24.5 Å². The molecular formula is C22H23N3O6. The zero-order chi connectivity index (χ0) is 22.6. The number of rotatable bonds is 2. The molecule has 0 saturated heterocycles. The first-order valence-corrected chi connectivity index (χ1v) is 9.99. The molecule has 5 atom stereocenters. The highest BCUT2D eigenvalue weighted by Crippen LogP contribution is 2.76. The van der Waals surface area contributed by atoms with Crippen LogP contribution in [-0.2, 0) is 15.2 Å². The molecule has 2 fully saturated rings. The van der Waals surface area contributed by atoms with E-state index in [-0.39, 0.29) is 41.2 Å². The average molecular weight is 425 g/mol. The standard InChI is InChI=1S/C22H23N3O6/c1-25(2)16-8-6-21-7-22(21,31)9-4-3-5-10(26)12(9)18(28)14(21)17(27)11(8)15(23)13(19(16)29)20(24)30/h3-5,8,11,16,23,26,28-29,31H,6-7H2,1-2H3,(H2,24,30)/t8-,11?,16+,21-,22-/m1/s1. The number of hydrogen-bond acceptors (Lipinski definition) is 8. The highest BCUT2D eigenvalue weighted by molar-refractivity contribution is 6.30. The highest BCUT2D eigenvalue weighted by Gasteiger charge is 2.77. The highest BCUT2D eigenvalue weighted by atomic mass is 16.3. The van der Waals surface area contributed by atoms with E-state index >= 15 is 0 Å². The summed E-state index contributed by atoms with van der Waals surface area (Å²) in [5.74, 6) is -4.36. The number of fused-ring (bicyclic) bond motifs is 3. The minimum atomic E-state index is -1.45. The predicted molar refractivity (Wildman–Crippen MR) is 109 cm³/mol. The van der Waals surface area contributed by atoms with Gasteiger partial charge in [0.1, 0.15) is 22.9 Å². The molecule has 1 unspecified atom stereocenters. The van der Waals surface area contributed by atoms with E-state index in [9.17, 15) is 30.0 Å². The van der Waals surface area contributed by atoms with Crippen molar-refractivity contribution in [2.24, 2.45) is 23.0 Å². The molecule has 2 saturated carbocycles. The predicted octanol–water partition coefficient (Wildman–Crippen LogP) is 0.719. The van der Waals surface area contributed by atoms with Crippen LogP contribution in [0.25, 0.3) is 5.76 Å². The minimum Gasteiger partial charge on any atom is -0.510 e. The molecule has 162 valence electrons. The Morgan fingerprint density at radius 1 is 1.26 bits per heavy atom. The van der Waals surface area contributed by atoms with Crippen LogP contribution >= 0.6 is 0 Å². The molecule has 9 nitrogen and oxygen atoms in total. The molecule has 5 rings (SSSR count). The van der Waals surface area contributed by atoms with Gasteiger partial charge in [-0.05, 0) is 44.5 Å². The van der Waals surface area contributed by atoms with Gasteiger partial charge < -0.3 is 31.6 Å². The summed E-state index contributed by atoms with van der Waals surface area (Å²) in [5.41, 5.74) is 2.43. The van der Waals surface area contributed by atoms with Crippen molar-refractivity contribution < 1.29 is 30.0 Å². The monoisotopic (exact) mass is 425 g/mol. The number of hydrogen-bond donors (Lipinski definition) is 6. The van der Waals surface area contributed by atoms with Crippen LogP contribution in [-0.4, -0.2) is 62.9 Å². The first-order chi connectivity index (χ1) is 14.5. The maximum absolute atomic E-state index is 13.7. The van der Waals surface area contributed by atoms with Gasteiger partial charge in [-0.15, -0.1) is 0 Å². The molecule has 0 radical (unpaired) electrons. The number of aliphatic hydroxyl groups is 3. The Kier molecular flexibility index (Phi) is 3.66. The molecule has 4 aliphatic rings. The van der Waals surface area contributed by atoms with E-state index in [1.807, 2.05) is 0 Å². The lowest BCUT2D eigenvalue weighted by atomic mass is 9.58. The number of amides is 1.